The third-order valence-corrected chi connectivity index (χ3v) is 8.12. The van der Waals surface area contributed by atoms with E-state index in [1.165, 1.54) is 13.3 Å². The first-order chi connectivity index (χ1) is 23.0. The number of ether oxygens (including phenoxy) is 5. The van der Waals surface area contributed by atoms with Crippen LogP contribution in [-0.2, 0) is 30.3 Å². The van der Waals surface area contributed by atoms with E-state index in [2.05, 4.69) is 25.6 Å². The van der Waals surface area contributed by atoms with Gasteiger partial charge in [0, 0.05) is 6.54 Å². The summed E-state index contributed by atoms with van der Waals surface area (Å²) in [5, 5.41) is 5.93. The van der Waals surface area contributed by atoms with E-state index in [0.717, 1.165) is 5.56 Å². The molecule has 0 spiro atoms. The molecule has 1 unspecified atom stereocenters. The Bertz CT molecular complexity index is 1780. The molecule has 4 heterocycles. The summed E-state index contributed by atoms with van der Waals surface area (Å²) in [6.45, 7) is 9.04. The maximum atomic E-state index is 12.6. The van der Waals surface area contributed by atoms with Crippen LogP contribution in [0, 0.1) is 5.92 Å². The van der Waals surface area contributed by atoms with Gasteiger partial charge in [0.1, 0.15) is 37.0 Å². The van der Waals surface area contributed by atoms with Crippen molar-refractivity contribution in [3.8, 4) is 5.75 Å². The molecular weight excluding hydrogens is 620 g/mol. The molecule has 1 amide bonds. The third kappa shape index (κ3) is 7.15. The monoisotopic (exact) mass is 658 g/mol. The molecule has 4 aromatic rings. The number of carbonyl (C=O) groups excluding carboxylic acids is 3. The number of anilines is 1. The molecule has 2 saturated heterocycles. The van der Waals surface area contributed by atoms with E-state index in [-0.39, 0.29) is 18.3 Å². The zero-order valence-electron chi connectivity index (χ0n) is 27.3. The van der Waals surface area contributed by atoms with Gasteiger partial charge < -0.3 is 34.3 Å². The van der Waals surface area contributed by atoms with Crippen molar-refractivity contribution in [2.24, 2.45) is 5.92 Å². The van der Waals surface area contributed by atoms with Crippen molar-refractivity contribution in [2.75, 3.05) is 11.9 Å². The fourth-order valence-corrected chi connectivity index (χ4v) is 5.85. The van der Waals surface area contributed by atoms with Crippen LogP contribution >= 0.6 is 0 Å². The fraction of sp³-hybridized carbons (Fsp3) is 0.412. The Morgan fingerprint density at radius 2 is 1.71 bits per heavy atom. The summed E-state index contributed by atoms with van der Waals surface area (Å²) in [5.74, 6) is -0.624. The van der Waals surface area contributed by atoms with Crippen LogP contribution in [-0.4, -0.2) is 74.1 Å². The molecule has 2 aliphatic heterocycles. The number of hydrogen-bond donors (Lipinski definition) is 2. The molecule has 0 radical (unpaired) electrons. The van der Waals surface area contributed by atoms with E-state index in [0.29, 0.717) is 34.8 Å². The first-order valence-electron chi connectivity index (χ1n) is 15.7. The maximum absolute atomic E-state index is 12.6. The lowest BCUT2D eigenvalue weighted by Crippen LogP contribution is -2.44. The molecule has 5 atom stereocenters. The van der Waals surface area contributed by atoms with Crippen molar-refractivity contribution in [3.63, 3.8) is 0 Å². The summed E-state index contributed by atoms with van der Waals surface area (Å²) < 4.78 is 31.4. The van der Waals surface area contributed by atoms with Crippen LogP contribution in [0.15, 0.2) is 67.3 Å². The first-order valence-corrected chi connectivity index (χ1v) is 15.7. The number of hydrogen-bond acceptors (Lipinski definition) is 12. The third-order valence-electron chi connectivity index (χ3n) is 8.12. The fourth-order valence-electron chi connectivity index (χ4n) is 5.85. The largest absolute Gasteiger partial charge is 0.447 e. The van der Waals surface area contributed by atoms with Crippen molar-refractivity contribution in [1.29, 1.82) is 0 Å². The number of carbonyl (C=O) groups is 3. The van der Waals surface area contributed by atoms with Crippen LogP contribution in [0.4, 0.5) is 10.6 Å². The van der Waals surface area contributed by atoms with Crippen LogP contribution in [0.2, 0.25) is 0 Å². The lowest BCUT2D eigenvalue weighted by Gasteiger charge is -2.25. The number of imidazole rings is 1. The van der Waals surface area contributed by atoms with Gasteiger partial charge in [-0.25, -0.2) is 24.5 Å². The molecule has 252 valence electrons. The van der Waals surface area contributed by atoms with Crippen LogP contribution in [0.25, 0.3) is 11.2 Å². The zero-order chi connectivity index (χ0) is 34.0. The van der Waals surface area contributed by atoms with Crippen molar-refractivity contribution in [2.45, 2.75) is 77.5 Å². The van der Waals surface area contributed by atoms with Crippen molar-refractivity contribution >= 4 is 34.8 Å². The summed E-state index contributed by atoms with van der Waals surface area (Å²) in [6, 6.07) is 15.3. The number of esters is 1. The van der Waals surface area contributed by atoms with Crippen LogP contribution in [0.1, 0.15) is 56.8 Å². The minimum Gasteiger partial charge on any atom is -0.447 e. The normalized spacial score (nSPS) is 21.9. The average molecular weight is 659 g/mol. The van der Waals surface area contributed by atoms with Gasteiger partial charge in [0.2, 0.25) is 0 Å². The topological polar surface area (TPSA) is 165 Å². The Morgan fingerprint density at radius 3 is 2.42 bits per heavy atom. The molecule has 2 aromatic heterocycles. The van der Waals surface area contributed by atoms with Crippen molar-refractivity contribution in [1.82, 2.24) is 24.8 Å². The van der Waals surface area contributed by atoms with Crippen molar-refractivity contribution in [3.05, 3.63) is 78.4 Å². The van der Waals surface area contributed by atoms with E-state index < -0.39 is 48.4 Å². The van der Waals surface area contributed by atoms with Gasteiger partial charge in [-0.05, 0) is 56.5 Å². The predicted octanol–water partition coefficient (Wildman–Crippen LogP) is 4.41. The smallest absolute Gasteiger partial charge is 0.407 e. The van der Waals surface area contributed by atoms with E-state index in [1.807, 2.05) is 45.9 Å². The number of aromatic nitrogens is 4. The second kappa shape index (κ2) is 13.7. The Hall–Kier alpha value is -4.92. The number of benzene rings is 2. The number of amides is 1. The molecular formula is C34H38N6O8. The molecule has 6 rings (SSSR count). The standard InChI is InChI=1S/C34H38N6O8/c1-19(2)25(20(3)41)39-33(43)44-16-24-27-28(48-34(4,5)47-27)31(46-24)40-18-38-26-29(36-17-37-30(26)40)35-15-21-11-13-23(14-12-21)45-32(42)22-9-7-6-8-10-22/h6-14,17-19,24-25,27-28,31H,15-16H2,1-5H3,(H,39,43)(H,35,36,37)/t24-,25+,27?,28+,31-/m1/s1. The van der Waals surface area contributed by atoms with E-state index in [4.69, 9.17) is 23.7 Å². The van der Waals surface area contributed by atoms with Gasteiger partial charge >= 0.3 is 12.1 Å². The molecule has 0 saturated carbocycles. The number of ketones is 1. The highest BCUT2D eigenvalue weighted by atomic mass is 16.8. The molecule has 2 aliphatic rings. The number of Topliss-reactive ketones (excluding diaryl/α,β-unsaturated/α-hetero) is 1. The predicted molar refractivity (Wildman–Crippen MR) is 172 cm³/mol. The molecule has 14 nitrogen and oxygen atoms in total. The summed E-state index contributed by atoms with van der Waals surface area (Å²) >= 11 is 0. The quantitative estimate of drug-likeness (QED) is 0.172. The maximum Gasteiger partial charge on any atom is 0.407 e. The molecule has 0 aliphatic carbocycles. The first kappa shape index (κ1) is 33.0. The molecule has 48 heavy (non-hydrogen) atoms. The number of fused-ring (bicyclic) bond motifs is 2. The van der Waals surface area contributed by atoms with Gasteiger partial charge in [-0.1, -0.05) is 44.2 Å². The van der Waals surface area contributed by atoms with Gasteiger partial charge in [0.25, 0.3) is 0 Å². The second-order valence-corrected chi connectivity index (χ2v) is 12.5. The molecule has 2 N–H and O–H groups in total. The van der Waals surface area contributed by atoms with Gasteiger partial charge in [-0.2, -0.15) is 0 Å². The summed E-state index contributed by atoms with van der Waals surface area (Å²) in [6.07, 6.45) is -0.115. The number of nitrogens with one attached hydrogen (secondary N) is 2. The Morgan fingerprint density at radius 1 is 0.979 bits per heavy atom. The zero-order valence-corrected chi connectivity index (χ0v) is 27.3. The van der Waals surface area contributed by atoms with Gasteiger partial charge in [0.05, 0.1) is 17.9 Å². The highest BCUT2D eigenvalue weighted by Gasteiger charge is 2.56. The van der Waals surface area contributed by atoms with Gasteiger partial charge in [-0.3, -0.25) is 9.36 Å². The number of nitrogens with zero attached hydrogens (tertiary/aromatic N) is 4. The molecule has 2 aromatic carbocycles. The SMILES string of the molecule is CC(=O)[C@@H](NC(=O)OC[C@H]1O[C@@H](n2cnc3c(NCc4ccc(OC(=O)c5ccccc5)cc4)ncnc32)[C@H]2OC(C)(C)OC12)C(C)C. The second-order valence-electron chi connectivity index (χ2n) is 12.5. The Balaban J connectivity index is 1.12. The minimum atomic E-state index is -0.900. The highest BCUT2D eigenvalue weighted by molar-refractivity contribution is 5.91. The van der Waals surface area contributed by atoms with E-state index >= 15 is 0 Å². The minimum absolute atomic E-state index is 0.0907. The molecule has 14 heteroatoms. The van der Waals surface area contributed by atoms with Crippen LogP contribution < -0.4 is 15.4 Å². The summed E-state index contributed by atoms with van der Waals surface area (Å²) in [7, 11) is 0. The summed E-state index contributed by atoms with van der Waals surface area (Å²) in [4.78, 5) is 50.3. The Labute approximate surface area is 277 Å². The average Bonchev–Trinajstić information content (AvgIpc) is 3.73. The van der Waals surface area contributed by atoms with Gasteiger partial charge in [0.15, 0.2) is 34.8 Å². The van der Waals surface area contributed by atoms with E-state index in [1.54, 1.807) is 47.3 Å². The number of alkyl carbamates (subject to hydrolysis) is 1. The lowest BCUT2D eigenvalue weighted by atomic mass is 10.0. The number of rotatable bonds is 11. The lowest BCUT2D eigenvalue weighted by molar-refractivity contribution is -0.199. The van der Waals surface area contributed by atoms with E-state index in [9.17, 15) is 14.4 Å². The molecule has 2 fully saturated rings. The molecule has 0 bridgehead atoms. The van der Waals surface area contributed by atoms with Crippen LogP contribution in [0.5, 0.6) is 5.75 Å². The van der Waals surface area contributed by atoms with Gasteiger partial charge in [-0.15, -0.1) is 0 Å². The van der Waals surface area contributed by atoms with Crippen molar-refractivity contribution < 1.29 is 38.1 Å². The Kier molecular flexibility index (Phi) is 9.40. The summed E-state index contributed by atoms with van der Waals surface area (Å²) in [5.41, 5.74) is 2.43. The highest BCUT2D eigenvalue weighted by Crippen LogP contribution is 2.44. The van der Waals surface area contributed by atoms with Crippen LogP contribution in [0.3, 0.4) is 0 Å².